The van der Waals surface area contributed by atoms with Gasteiger partial charge in [0.1, 0.15) is 0 Å². The maximum absolute atomic E-state index is 5.39. The Labute approximate surface area is 266 Å². The van der Waals surface area contributed by atoms with E-state index in [2.05, 4.69) is 158 Å². The van der Waals surface area contributed by atoms with Crippen LogP contribution < -0.4 is 0 Å². The first-order chi connectivity index (χ1) is 22.6. The van der Waals surface area contributed by atoms with Gasteiger partial charge >= 0.3 is 0 Å². The number of rotatable bonds is 2. The lowest BCUT2D eigenvalue weighted by Crippen LogP contribution is -2.15. The van der Waals surface area contributed by atoms with Crippen molar-refractivity contribution in [3.05, 3.63) is 151 Å². The summed E-state index contributed by atoms with van der Waals surface area (Å²) in [5.74, 6) is 0.688. The van der Waals surface area contributed by atoms with Crippen molar-refractivity contribution in [1.29, 1.82) is 0 Å². The zero-order chi connectivity index (χ0) is 30.6. The van der Waals surface area contributed by atoms with Crippen LogP contribution in [-0.2, 0) is 5.41 Å². The lowest BCUT2D eigenvalue weighted by atomic mass is 9.80. The van der Waals surface area contributed by atoms with Crippen LogP contribution in [0.15, 0.2) is 140 Å². The molecule has 0 saturated carbocycles. The van der Waals surface area contributed by atoms with E-state index in [1.807, 2.05) is 0 Å². The summed E-state index contributed by atoms with van der Waals surface area (Å²) in [6, 6.07) is 50.3. The highest BCUT2D eigenvalue weighted by atomic mass is 15.2. The van der Waals surface area contributed by atoms with Gasteiger partial charge in [-0.15, -0.1) is 0 Å². The van der Waals surface area contributed by atoms with Crippen molar-refractivity contribution in [2.45, 2.75) is 19.3 Å². The molecule has 0 aliphatic heterocycles. The van der Waals surface area contributed by atoms with Crippen LogP contribution in [0.3, 0.4) is 0 Å². The van der Waals surface area contributed by atoms with Crippen LogP contribution in [0.4, 0.5) is 0 Å². The largest absolute Gasteiger partial charge is 0.278 e. The first-order valence-electron chi connectivity index (χ1n) is 15.9. The molecule has 9 aromatic rings. The summed E-state index contributed by atoms with van der Waals surface area (Å²) in [4.78, 5) is 10.8. The van der Waals surface area contributed by atoms with Gasteiger partial charge in [-0.2, -0.15) is 0 Å². The number of aromatic nitrogens is 3. The molecule has 3 heteroatoms. The number of fused-ring (bicyclic) bond motifs is 11. The summed E-state index contributed by atoms with van der Waals surface area (Å²) in [5, 5.41) is 8.39. The minimum atomic E-state index is -0.170. The van der Waals surface area contributed by atoms with Crippen LogP contribution in [0.1, 0.15) is 25.0 Å². The first-order valence-corrected chi connectivity index (χ1v) is 15.9. The highest BCUT2D eigenvalue weighted by Crippen LogP contribution is 2.53. The van der Waals surface area contributed by atoms with Crippen molar-refractivity contribution in [2.75, 3.05) is 0 Å². The van der Waals surface area contributed by atoms with Crippen molar-refractivity contribution in [1.82, 2.24) is 14.5 Å². The Morgan fingerprint density at radius 1 is 0.500 bits per heavy atom. The van der Waals surface area contributed by atoms with Crippen LogP contribution in [-0.4, -0.2) is 14.5 Å². The Bertz CT molecular complexity index is 2720. The Kier molecular flexibility index (Phi) is 5.06. The highest BCUT2D eigenvalue weighted by Gasteiger charge is 2.38. The maximum atomic E-state index is 5.39. The monoisotopic (exact) mass is 587 g/mol. The minimum Gasteiger partial charge on any atom is -0.278 e. The van der Waals surface area contributed by atoms with Crippen LogP contribution in [0.5, 0.6) is 0 Å². The van der Waals surface area contributed by atoms with Crippen molar-refractivity contribution >= 4 is 54.3 Å². The summed E-state index contributed by atoms with van der Waals surface area (Å²) in [6.07, 6.45) is 0. The molecule has 7 aromatic carbocycles. The number of benzene rings is 7. The van der Waals surface area contributed by atoms with Gasteiger partial charge in [0.25, 0.3) is 0 Å². The molecule has 0 N–H and O–H groups in total. The van der Waals surface area contributed by atoms with Gasteiger partial charge < -0.3 is 0 Å². The lowest BCUT2D eigenvalue weighted by Gasteiger charge is -2.23. The predicted octanol–water partition coefficient (Wildman–Crippen LogP) is 11.0. The molecule has 0 amide bonds. The van der Waals surface area contributed by atoms with Crippen molar-refractivity contribution in [3.8, 4) is 28.3 Å². The van der Waals surface area contributed by atoms with Gasteiger partial charge in [-0.05, 0) is 62.7 Å². The topological polar surface area (TPSA) is 30.7 Å². The first kappa shape index (κ1) is 25.5. The van der Waals surface area contributed by atoms with Crippen LogP contribution in [0, 0.1) is 0 Å². The third kappa shape index (κ3) is 3.37. The molecule has 0 spiro atoms. The quantitative estimate of drug-likeness (QED) is 0.188. The summed E-state index contributed by atoms with van der Waals surface area (Å²) in [6.45, 7) is 4.74. The molecule has 1 aliphatic rings. The Hall–Kier alpha value is -5.80. The second-order valence-electron chi connectivity index (χ2n) is 13.0. The van der Waals surface area contributed by atoms with E-state index >= 15 is 0 Å². The summed E-state index contributed by atoms with van der Waals surface area (Å²) < 4.78 is 2.29. The molecule has 1 aliphatic carbocycles. The molecular weight excluding hydrogens is 558 g/mol. The molecule has 0 fully saturated rings. The fraction of sp³-hybridized carbons (Fsp3) is 0.0698. The molecule has 10 rings (SSSR count). The van der Waals surface area contributed by atoms with Crippen molar-refractivity contribution in [2.24, 2.45) is 0 Å². The van der Waals surface area contributed by atoms with Crippen LogP contribution in [0.2, 0.25) is 0 Å². The Balaban J connectivity index is 1.33. The third-order valence-electron chi connectivity index (χ3n) is 10.2. The molecule has 2 aromatic heterocycles. The minimum absolute atomic E-state index is 0.170. The lowest BCUT2D eigenvalue weighted by molar-refractivity contribution is 0.667. The molecule has 0 atom stereocenters. The van der Waals surface area contributed by atoms with Crippen molar-refractivity contribution in [3.63, 3.8) is 0 Å². The van der Waals surface area contributed by atoms with E-state index in [9.17, 15) is 0 Å². The number of para-hydroxylation sites is 1. The van der Waals surface area contributed by atoms with E-state index in [1.165, 1.54) is 49.2 Å². The molecule has 216 valence electrons. The summed E-state index contributed by atoms with van der Waals surface area (Å²) >= 11 is 0. The van der Waals surface area contributed by atoms with Gasteiger partial charge in [-0.3, -0.25) is 4.57 Å². The predicted molar refractivity (Wildman–Crippen MR) is 192 cm³/mol. The molecule has 0 unspecified atom stereocenters. The van der Waals surface area contributed by atoms with Crippen molar-refractivity contribution < 1.29 is 0 Å². The molecule has 0 bridgehead atoms. The molecular formula is C43H29N3. The number of hydrogen-bond donors (Lipinski definition) is 0. The fourth-order valence-electron chi connectivity index (χ4n) is 8.04. The molecule has 0 radical (unpaired) electrons. The van der Waals surface area contributed by atoms with Gasteiger partial charge in [0.15, 0.2) is 0 Å². The van der Waals surface area contributed by atoms with Crippen LogP contribution >= 0.6 is 0 Å². The summed E-state index contributed by atoms with van der Waals surface area (Å²) in [7, 11) is 0. The molecule has 0 saturated heterocycles. The summed E-state index contributed by atoms with van der Waals surface area (Å²) in [5.41, 5.74) is 10.4. The average molecular weight is 588 g/mol. The van der Waals surface area contributed by atoms with Gasteiger partial charge in [-0.25, -0.2) is 9.97 Å². The normalized spacial score (nSPS) is 13.6. The van der Waals surface area contributed by atoms with E-state index in [1.54, 1.807) is 0 Å². The SMILES string of the molecule is CC1(C)c2cc3c(cc2-c2ccc4ccccc4c21)c1ccccc1n3-c1nc(-c2ccccc2)c2ccc3ccccc3c2n1. The van der Waals surface area contributed by atoms with E-state index in [0.717, 1.165) is 38.6 Å². The van der Waals surface area contributed by atoms with Crippen LogP contribution in [0.25, 0.3) is 82.6 Å². The highest BCUT2D eigenvalue weighted by molar-refractivity contribution is 6.13. The Morgan fingerprint density at radius 2 is 1.17 bits per heavy atom. The van der Waals surface area contributed by atoms with Gasteiger partial charge in [0.05, 0.1) is 22.2 Å². The molecule has 3 nitrogen and oxygen atoms in total. The van der Waals surface area contributed by atoms with E-state index in [0.29, 0.717) is 5.95 Å². The smallest absolute Gasteiger partial charge is 0.235 e. The number of hydrogen-bond acceptors (Lipinski definition) is 2. The fourth-order valence-corrected chi connectivity index (χ4v) is 8.04. The van der Waals surface area contributed by atoms with Gasteiger partial charge in [0.2, 0.25) is 5.95 Å². The van der Waals surface area contributed by atoms with Gasteiger partial charge in [-0.1, -0.05) is 129 Å². The average Bonchev–Trinajstić information content (AvgIpc) is 3.55. The molecule has 2 heterocycles. The number of nitrogens with zero attached hydrogens (tertiary/aromatic N) is 3. The Morgan fingerprint density at radius 3 is 2.00 bits per heavy atom. The molecule has 46 heavy (non-hydrogen) atoms. The van der Waals surface area contributed by atoms with E-state index < -0.39 is 0 Å². The zero-order valence-corrected chi connectivity index (χ0v) is 25.6. The second-order valence-corrected chi connectivity index (χ2v) is 13.0. The maximum Gasteiger partial charge on any atom is 0.235 e. The van der Waals surface area contributed by atoms with Gasteiger partial charge in [0, 0.05) is 32.5 Å². The van der Waals surface area contributed by atoms with E-state index in [4.69, 9.17) is 9.97 Å². The standard InChI is InChI=1S/C43H29N3/c1-43(2)36-25-38-35(24-34(36)32-22-20-26-12-6-8-16-29(26)39(32)43)31-18-10-11-19-37(31)46(38)42-44-40(28-14-4-3-5-15-28)33-23-21-27-13-7-9-17-30(27)41(33)45-42/h3-25H,1-2H3. The third-order valence-corrected chi connectivity index (χ3v) is 10.2. The zero-order valence-electron chi connectivity index (χ0n) is 25.6. The van der Waals surface area contributed by atoms with E-state index in [-0.39, 0.29) is 5.41 Å². The second kappa shape index (κ2) is 9.12.